The third-order valence-electron chi connectivity index (χ3n) is 4.01. The molecule has 0 saturated carbocycles. The van der Waals surface area contributed by atoms with Crippen LogP contribution in [0.1, 0.15) is 44.4 Å². The Labute approximate surface area is 138 Å². The Morgan fingerprint density at radius 2 is 1.78 bits per heavy atom. The number of benzene rings is 1. The van der Waals surface area contributed by atoms with Crippen molar-refractivity contribution in [3.8, 4) is 0 Å². The van der Waals surface area contributed by atoms with Crippen molar-refractivity contribution in [3.05, 3.63) is 35.4 Å². The highest BCUT2D eigenvalue weighted by molar-refractivity contribution is 5.79. The van der Waals surface area contributed by atoms with Crippen LogP contribution in [0.4, 0.5) is 0 Å². The standard InChI is InChI=1S/C18H26N2O3/c1-12-5-7-16(8-6-12)17(19-15(4)21)9-18(22)20-10-13(2)23-14(3)11-20/h5-8,13-14,17H,9-11H2,1-4H3,(H,19,21)/t13-,14+,17-/m0/s1. The van der Waals surface area contributed by atoms with E-state index >= 15 is 0 Å². The van der Waals surface area contributed by atoms with Crippen LogP contribution in [-0.4, -0.2) is 42.0 Å². The fraction of sp³-hybridized carbons (Fsp3) is 0.556. The summed E-state index contributed by atoms with van der Waals surface area (Å²) in [5, 5.41) is 2.89. The van der Waals surface area contributed by atoms with Gasteiger partial charge in [0.25, 0.3) is 0 Å². The molecule has 1 aromatic carbocycles. The molecular formula is C18H26N2O3. The van der Waals surface area contributed by atoms with E-state index in [1.807, 2.05) is 49.9 Å². The predicted molar refractivity (Wildman–Crippen MR) is 88.9 cm³/mol. The van der Waals surface area contributed by atoms with Gasteiger partial charge in [-0.05, 0) is 26.3 Å². The summed E-state index contributed by atoms with van der Waals surface area (Å²) < 4.78 is 5.67. The summed E-state index contributed by atoms with van der Waals surface area (Å²) in [4.78, 5) is 26.0. The maximum Gasteiger partial charge on any atom is 0.225 e. The predicted octanol–water partition coefficient (Wildman–Crippen LogP) is 2.20. The molecule has 0 aromatic heterocycles. The molecule has 5 nitrogen and oxygen atoms in total. The molecule has 1 aliphatic rings. The Bertz CT molecular complexity index is 546. The number of morpholine rings is 1. The molecule has 3 atom stereocenters. The van der Waals surface area contributed by atoms with Gasteiger partial charge >= 0.3 is 0 Å². The summed E-state index contributed by atoms with van der Waals surface area (Å²) >= 11 is 0. The lowest BCUT2D eigenvalue weighted by Crippen LogP contribution is -2.49. The average Bonchev–Trinajstić information content (AvgIpc) is 2.45. The highest BCUT2D eigenvalue weighted by atomic mass is 16.5. The first-order valence-electron chi connectivity index (χ1n) is 8.12. The minimum absolute atomic E-state index is 0.0429. The highest BCUT2D eigenvalue weighted by Gasteiger charge is 2.28. The molecule has 1 saturated heterocycles. The molecule has 23 heavy (non-hydrogen) atoms. The molecule has 1 aliphatic heterocycles. The van der Waals surface area contributed by atoms with Crippen molar-refractivity contribution in [2.24, 2.45) is 0 Å². The number of carbonyl (C=O) groups is 2. The van der Waals surface area contributed by atoms with Crippen molar-refractivity contribution >= 4 is 11.8 Å². The molecular weight excluding hydrogens is 292 g/mol. The molecule has 126 valence electrons. The quantitative estimate of drug-likeness (QED) is 0.926. The largest absolute Gasteiger partial charge is 0.372 e. The molecule has 1 heterocycles. The van der Waals surface area contributed by atoms with E-state index in [2.05, 4.69) is 5.32 Å². The molecule has 0 aliphatic carbocycles. The van der Waals surface area contributed by atoms with Crippen LogP contribution in [0.15, 0.2) is 24.3 Å². The first kappa shape index (κ1) is 17.5. The van der Waals surface area contributed by atoms with Crippen LogP contribution in [0.5, 0.6) is 0 Å². The van der Waals surface area contributed by atoms with E-state index in [4.69, 9.17) is 4.74 Å². The Balaban J connectivity index is 2.09. The zero-order valence-corrected chi connectivity index (χ0v) is 14.3. The molecule has 0 spiro atoms. The van der Waals surface area contributed by atoms with E-state index in [0.717, 1.165) is 11.1 Å². The summed E-state index contributed by atoms with van der Waals surface area (Å²) in [5.74, 6) is -0.0848. The molecule has 1 N–H and O–H groups in total. The van der Waals surface area contributed by atoms with Crippen molar-refractivity contribution in [1.82, 2.24) is 10.2 Å². The fourth-order valence-electron chi connectivity index (χ4n) is 2.98. The third-order valence-corrected chi connectivity index (χ3v) is 4.01. The maximum absolute atomic E-state index is 12.6. The Kier molecular flexibility index (Phi) is 5.77. The van der Waals surface area contributed by atoms with Crippen LogP contribution >= 0.6 is 0 Å². The van der Waals surface area contributed by atoms with Gasteiger partial charge in [0.2, 0.25) is 11.8 Å². The van der Waals surface area contributed by atoms with Gasteiger partial charge in [0.05, 0.1) is 24.7 Å². The molecule has 1 aromatic rings. The van der Waals surface area contributed by atoms with E-state index in [9.17, 15) is 9.59 Å². The van der Waals surface area contributed by atoms with E-state index in [0.29, 0.717) is 13.1 Å². The van der Waals surface area contributed by atoms with Crippen molar-refractivity contribution in [2.75, 3.05) is 13.1 Å². The summed E-state index contributed by atoms with van der Waals surface area (Å²) in [6.07, 6.45) is 0.352. The van der Waals surface area contributed by atoms with Crippen molar-refractivity contribution in [1.29, 1.82) is 0 Å². The third kappa shape index (κ3) is 5.06. The number of hydrogen-bond donors (Lipinski definition) is 1. The minimum atomic E-state index is -0.297. The second-order valence-corrected chi connectivity index (χ2v) is 6.42. The zero-order valence-electron chi connectivity index (χ0n) is 14.3. The second kappa shape index (κ2) is 7.59. The normalized spacial score (nSPS) is 22.5. The van der Waals surface area contributed by atoms with Crippen molar-refractivity contribution in [3.63, 3.8) is 0 Å². The van der Waals surface area contributed by atoms with E-state index < -0.39 is 0 Å². The topological polar surface area (TPSA) is 58.6 Å². The van der Waals surface area contributed by atoms with E-state index in [1.54, 1.807) is 0 Å². The molecule has 0 unspecified atom stereocenters. The van der Waals surface area contributed by atoms with Gasteiger partial charge < -0.3 is 15.0 Å². The van der Waals surface area contributed by atoms with Gasteiger partial charge in [-0.3, -0.25) is 9.59 Å². The van der Waals surface area contributed by atoms with Crippen LogP contribution < -0.4 is 5.32 Å². The number of nitrogens with one attached hydrogen (secondary N) is 1. The first-order chi connectivity index (χ1) is 10.8. The molecule has 0 bridgehead atoms. The molecule has 2 amide bonds. The van der Waals surface area contributed by atoms with Crippen LogP contribution in [0.2, 0.25) is 0 Å². The average molecular weight is 318 g/mol. The molecule has 0 radical (unpaired) electrons. The lowest BCUT2D eigenvalue weighted by Gasteiger charge is -2.36. The Hall–Kier alpha value is -1.88. The first-order valence-corrected chi connectivity index (χ1v) is 8.12. The minimum Gasteiger partial charge on any atom is -0.372 e. The van der Waals surface area contributed by atoms with Gasteiger partial charge in [0.1, 0.15) is 0 Å². The van der Waals surface area contributed by atoms with Crippen LogP contribution in [0, 0.1) is 6.92 Å². The number of rotatable bonds is 4. The zero-order chi connectivity index (χ0) is 17.0. The number of hydrogen-bond acceptors (Lipinski definition) is 3. The number of aryl methyl sites for hydroxylation is 1. The summed E-state index contributed by atoms with van der Waals surface area (Å²) in [6, 6.07) is 7.62. The van der Waals surface area contributed by atoms with Crippen molar-refractivity contribution < 1.29 is 14.3 Å². The SMILES string of the molecule is CC(=O)N[C@@H](CC(=O)N1C[C@@H](C)O[C@@H](C)C1)c1ccc(C)cc1. The lowest BCUT2D eigenvalue weighted by atomic mass is 10.0. The lowest BCUT2D eigenvalue weighted by molar-refractivity contribution is -0.143. The van der Waals surface area contributed by atoms with E-state index in [-0.39, 0.29) is 36.5 Å². The smallest absolute Gasteiger partial charge is 0.225 e. The highest BCUT2D eigenvalue weighted by Crippen LogP contribution is 2.20. The molecule has 5 heteroatoms. The monoisotopic (exact) mass is 318 g/mol. The van der Waals surface area contributed by atoms with Gasteiger partial charge in [-0.15, -0.1) is 0 Å². The fourth-order valence-corrected chi connectivity index (χ4v) is 2.98. The van der Waals surface area contributed by atoms with Gasteiger partial charge in [-0.25, -0.2) is 0 Å². The number of amides is 2. The van der Waals surface area contributed by atoms with Gasteiger partial charge in [-0.2, -0.15) is 0 Å². The van der Waals surface area contributed by atoms with E-state index in [1.165, 1.54) is 6.92 Å². The van der Waals surface area contributed by atoms with Crippen LogP contribution in [-0.2, 0) is 14.3 Å². The number of carbonyl (C=O) groups excluding carboxylic acids is 2. The molecule has 1 fully saturated rings. The molecule has 2 rings (SSSR count). The Morgan fingerprint density at radius 1 is 1.22 bits per heavy atom. The van der Waals surface area contributed by atoms with Crippen LogP contribution in [0.3, 0.4) is 0 Å². The van der Waals surface area contributed by atoms with Crippen molar-refractivity contribution in [2.45, 2.75) is 52.4 Å². The number of nitrogens with zero attached hydrogens (tertiary/aromatic N) is 1. The van der Waals surface area contributed by atoms with Gasteiger partial charge in [-0.1, -0.05) is 29.8 Å². The summed E-state index contributed by atoms with van der Waals surface area (Å²) in [7, 11) is 0. The maximum atomic E-state index is 12.6. The summed E-state index contributed by atoms with van der Waals surface area (Å²) in [6.45, 7) is 8.64. The number of ether oxygens (including phenoxy) is 1. The van der Waals surface area contributed by atoms with Gasteiger partial charge in [0.15, 0.2) is 0 Å². The second-order valence-electron chi connectivity index (χ2n) is 6.42. The van der Waals surface area contributed by atoms with Crippen LogP contribution in [0.25, 0.3) is 0 Å². The Morgan fingerprint density at radius 3 is 2.30 bits per heavy atom. The summed E-state index contributed by atoms with van der Waals surface area (Å²) in [5.41, 5.74) is 2.10. The van der Waals surface area contributed by atoms with Gasteiger partial charge in [0, 0.05) is 20.0 Å².